The number of carbonyl (C=O) groups is 2. The molecule has 0 spiro atoms. The Morgan fingerprint density at radius 1 is 1.10 bits per heavy atom. The van der Waals surface area contributed by atoms with E-state index in [1.807, 2.05) is 24.9 Å². The number of piperazine rings is 1. The number of urea groups is 1. The van der Waals surface area contributed by atoms with Gasteiger partial charge in [-0.15, -0.1) is 0 Å². The predicted octanol–water partition coefficient (Wildman–Crippen LogP) is 1.97. The maximum Gasteiger partial charge on any atom is 0.323 e. The highest BCUT2D eigenvalue weighted by molar-refractivity contribution is 5.96. The first kappa shape index (κ1) is 19.2. The van der Waals surface area contributed by atoms with Gasteiger partial charge in [0, 0.05) is 45.1 Å². The van der Waals surface area contributed by atoms with Gasteiger partial charge in [-0.05, 0) is 44.0 Å². The fourth-order valence-electron chi connectivity index (χ4n) is 3.94. The minimum absolute atomic E-state index is 0.0313. The van der Waals surface area contributed by atoms with Crippen molar-refractivity contribution in [2.75, 3.05) is 42.5 Å². The van der Waals surface area contributed by atoms with Crippen LogP contribution in [0.4, 0.5) is 16.4 Å². The van der Waals surface area contributed by atoms with Crippen LogP contribution in [0.5, 0.6) is 0 Å². The molecule has 2 aliphatic rings. The predicted molar refractivity (Wildman–Crippen MR) is 111 cm³/mol. The van der Waals surface area contributed by atoms with Crippen LogP contribution in [0, 0.1) is 13.8 Å². The van der Waals surface area contributed by atoms with Gasteiger partial charge in [-0.3, -0.25) is 9.69 Å². The molecular formula is C21H26N6O2. The van der Waals surface area contributed by atoms with Crippen LogP contribution in [0.15, 0.2) is 30.6 Å². The summed E-state index contributed by atoms with van der Waals surface area (Å²) in [4.78, 5) is 39.4. The maximum atomic E-state index is 12.9. The first-order valence-electron chi connectivity index (χ1n) is 9.94. The summed E-state index contributed by atoms with van der Waals surface area (Å²) in [5, 5.41) is 2.79. The average Bonchev–Trinajstić information content (AvgIpc) is 3.06. The summed E-state index contributed by atoms with van der Waals surface area (Å²) in [5.41, 5.74) is 2.85. The van der Waals surface area contributed by atoms with E-state index in [2.05, 4.69) is 33.2 Å². The smallest absolute Gasteiger partial charge is 0.323 e. The number of pyridine rings is 2. The van der Waals surface area contributed by atoms with Gasteiger partial charge in [-0.25, -0.2) is 14.8 Å². The van der Waals surface area contributed by atoms with Crippen molar-refractivity contribution >= 4 is 23.6 Å². The van der Waals surface area contributed by atoms with E-state index in [-0.39, 0.29) is 18.0 Å². The summed E-state index contributed by atoms with van der Waals surface area (Å²) in [6, 6.07) is 5.52. The number of anilines is 2. The van der Waals surface area contributed by atoms with E-state index in [0.29, 0.717) is 31.0 Å². The van der Waals surface area contributed by atoms with Crippen molar-refractivity contribution in [3.63, 3.8) is 0 Å². The number of rotatable bonds is 3. The average molecular weight is 394 g/mol. The molecular weight excluding hydrogens is 368 g/mol. The zero-order valence-electron chi connectivity index (χ0n) is 17.1. The zero-order chi connectivity index (χ0) is 20.5. The fraction of sp³-hybridized carbons (Fsp3) is 0.429. The van der Waals surface area contributed by atoms with Gasteiger partial charge in [-0.2, -0.15) is 0 Å². The van der Waals surface area contributed by atoms with Gasteiger partial charge in [0.15, 0.2) is 0 Å². The number of nitrogens with zero attached hydrogens (tertiary/aromatic N) is 5. The summed E-state index contributed by atoms with van der Waals surface area (Å²) < 4.78 is 0. The third-order valence-electron chi connectivity index (χ3n) is 5.50. The molecule has 0 unspecified atom stereocenters. The van der Waals surface area contributed by atoms with Gasteiger partial charge < -0.3 is 15.1 Å². The summed E-state index contributed by atoms with van der Waals surface area (Å²) in [5.74, 6) is 1.53. The first-order chi connectivity index (χ1) is 13.9. The lowest BCUT2D eigenvalue weighted by atomic mass is 10.2. The molecule has 2 saturated heterocycles. The van der Waals surface area contributed by atoms with E-state index >= 15 is 0 Å². The van der Waals surface area contributed by atoms with Crippen LogP contribution in [0.1, 0.15) is 28.4 Å². The van der Waals surface area contributed by atoms with Gasteiger partial charge in [-0.1, -0.05) is 6.07 Å². The molecule has 152 valence electrons. The molecule has 2 aliphatic heterocycles. The summed E-state index contributed by atoms with van der Waals surface area (Å²) in [6.45, 7) is 9.45. The van der Waals surface area contributed by atoms with Crippen LogP contribution < -0.4 is 15.1 Å². The number of nitrogens with one attached hydrogen (secondary N) is 1. The highest BCUT2D eigenvalue weighted by atomic mass is 16.2. The van der Waals surface area contributed by atoms with Gasteiger partial charge in [0.2, 0.25) is 0 Å². The second kappa shape index (κ2) is 7.69. The van der Waals surface area contributed by atoms with Crippen LogP contribution in [-0.4, -0.2) is 65.6 Å². The standard InChI is InChI=1S/C21H26N6O2/c1-14-10-15(2)19(23-11-14)25-6-8-26(9-7-25)20(28)17-4-5-18(22-13-17)27-16(3)12-24-21(27)29/h4-5,10-11,13,16H,6-9,12H2,1-3H3,(H,24,29)/t16-/m0/s1. The topological polar surface area (TPSA) is 81.7 Å². The van der Waals surface area contributed by atoms with Crippen LogP contribution >= 0.6 is 0 Å². The maximum absolute atomic E-state index is 12.9. The fourth-order valence-corrected chi connectivity index (χ4v) is 3.94. The lowest BCUT2D eigenvalue weighted by Gasteiger charge is -2.36. The molecule has 2 aromatic heterocycles. The minimum Gasteiger partial charge on any atom is -0.353 e. The second-order valence-electron chi connectivity index (χ2n) is 7.74. The number of carbonyl (C=O) groups excluding carboxylic acids is 2. The van der Waals surface area contributed by atoms with Crippen molar-refractivity contribution in [1.82, 2.24) is 20.2 Å². The van der Waals surface area contributed by atoms with E-state index < -0.39 is 0 Å². The minimum atomic E-state index is -0.153. The van der Waals surface area contributed by atoms with Crippen LogP contribution in [0.2, 0.25) is 0 Å². The summed E-state index contributed by atoms with van der Waals surface area (Å²) in [7, 11) is 0. The van der Waals surface area contributed by atoms with Crippen molar-refractivity contribution in [1.29, 1.82) is 0 Å². The monoisotopic (exact) mass is 394 g/mol. The van der Waals surface area contributed by atoms with Crippen molar-refractivity contribution in [2.24, 2.45) is 0 Å². The Bertz CT molecular complexity index is 921. The highest BCUT2D eigenvalue weighted by Gasteiger charge is 2.30. The van der Waals surface area contributed by atoms with Gasteiger partial charge in [0.05, 0.1) is 11.6 Å². The zero-order valence-corrected chi connectivity index (χ0v) is 17.1. The number of hydrogen-bond acceptors (Lipinski definition) is 5. The van der Waals surface area contributed by atoms with Gasteiger partial charge >= 0.3 is 6.03 Å². The van der Waals surface area contributed by atoms with E-state index in [9.17, 15) is 9.59 Å². The Balaban J connectivity index is 1.40. The van der Waals surface area contributed by atoms with Gasteiger partial charge in [0.1, 0.15) is 11.6 Å². The van der Waals surface area contributed by atoms with Crippen molar-refractivity contribution < 1.29 is 9.59 Å². The van der Waals surface area contributed by atoms with Crippen molar-refractivity contribution in [2.45, 2.75) is 26.8 Å². The molecule has 29 heavy (non-hydrogen) atoms. The van der Waals surface area contributed by atoms with Crippen molar-refractivity contribution in [3.8, 4) is 0 Å². The molecule has 0 radical (unpaired) electrons. The number of aromatic nitrogens is 2. The Hall–Kier alpha value is -3.16. The molecule has 3 amide bonds. The van der Waals surface area contributed by atoms with E-state index in [4.69, 9.17) is 0 Å². The SMILES string of the molecule is Cc1cnc(N2CCN(C(=O)c3ccc(N4C(=O)NC[C@@H]4C)nc3)CC2)c(C)c1. The lowest BCUT2D eigenvalue weighted by molar-refractivity contribution is 0.0746. The highest BCUT2D eigenvalue weighted by Crippen LogP contribution is 2.21. The number of hydrogen-bond donors (Lipinski definition) is 1. The third kappa shape index (κ3) is 3.74. The molecule has 0 aromatic carbocycles. The second-order valence-corrected chi connectivity index (χ2v) is 7.74. The molecule has 2 fully saturated rings. The van der Waals surface area contributed by atoms with Gasteiger partial charge in [0.25, 0.3) is 5.91 Å². The number of aryl methyl sites for hydroxylation is 2. The Morgan fingerprint density at radius 3 is 2.45 bits per heavy atom. The molecule has 1 N–H and O–H groups in total. The quantitative estimate of drug-likeness (QED) is 0.861. The molecule has 0 saturated carbocycles. The van der Waals surface area contributed by atoms with E-state index in [0.717, 1.165) is 30.0 Å². The van der Waals surface area contributed by atoms with Crippen LogP contribution in [0.3, 0.4) is 0 Å². The van der Waals surface area contributed by atoms with Crippen LogP contribution in [-0.2, 0) is 0 Å². The molecule has 8 nitrogen and oxygen atoms in total. The summed E-state index contributed by atoms with van der Waals surface area (Å²) in [6.07, 6.45) is 3.45. The normalized spacial score (nSPS) is 19.5. The Morgan fingerprint density at radius 2 is 1.86 bits per heavy atom. The molecule has 1 atom stereocenters. The van der Waals surface area contributed by atoms with E-state index in [1.54, 1.807) is 23.2 Å². The molecule has 0 bridgehead atoms. The third-order valence-corrected chi connectivity index (χ3v) is 5.50. The molecule has 0 aliphatic carbocycles. The van der Waals surface area contributed by atoms with Crippen LogP contribution in [0.25, 0.3) is 0 Å². The molecule has 2 aromatic rings. The van der Waals surface area contributed by atoms with Crippen molar-refractivity contribution in [3.05, 3.63) is 47.3 Å². The molecule has 4 rings (SSSR count). The molecule has 8 heteroatoms. The Kier molecular flexibility index (Phi) is 5.08. The lowest BCUT2D eigenvalue weighted by Crippen LogP contribution is -2.49. The number of amides is 3. The molecule has 4 heterocycles. The van der Waals surface area contributed by atoms with E-state index in [1.165, 1.54) is 0 Å². The largest absolute Gasteiger partial charge is 0.353 e. The Labute approximate surface area is 170 Å². The summed E-state index contributed by atoms with van der Waals surface area (Å²) >= 11 is 0. The first-order valence-corrected chi connectivity index (χ1v) is 9.94.